The Balaban J connectivity index is 1.67. The molecule has 35 heavy (non-hydrogen) atoms. The summed E-state index contributed by atoms with van der Waals surface area (Å²) < 4.78 is 18.6. The topological polar surface area (TPSA) is 63.2 Å². The van der Waals surface area contributed by atoms with E-state index in [0.717, 1.165) is 58.2 Å². The summed E-state index contributed by atoms with van der Waals surface area (Å²) in [5.41, 5.74) is 0.856. The van der Waals surface area contributed by atoms with E-state index in [1.165, 1.54) is 25.3 Å². The van der Waals surface area contributed by atoms with Gasteiger partial charge < -0.3 is 14.2 Å². The second-order valence-corrected chi connectivity index (χ2v) is 12.8. The standard InChI is InChI=1S/C29H48O6/c1-8-21(33-20(2)30)12-15-27(6)14-9-11-22-23-13-16-29(31-17-10-18-32-29)28(23,7)25(19-24(22)27)34-35-26(3,4)5/h19,21-23,25H,8-18H2,1-7H3/t21-,22-,23-,25?,27+,28+/m0/s1. The maximum absolute atomic E-state index is 11.6. The van der Waals surface area contributed by atoms with Crippen molar-refractivity contribution in [3.63, 3.8) is 0 Å². The summed E-state index contributed by atoms with van der Waals surface area (Å²) in [6, 6.07) is 0. The fourth-order valence-electron chi connectivity index (χ4n) is 7.47. The van der Waals surface area contributed by atoms with E-state index in [2.05, 4.69) is 26.8 Å². The quantitative estimate of drug-likeness (QED) is 0.174. The fourth-order valence-corrected chi connectivity index (χ4v) is 7.47. The summed E-state index contributed by atoms with van der Waals surface area (Å²) in [5.74, 6) is 0.118. The van der Waals surface area contributed by atoms with Crippen LogP contribution in [0.2, 0.25) is 0 Å². The number of carbonyl (C=O) groups excluding carboxylic acids is 1. The van der Waals surface area contributed by atoms with Gasteiger partial charge in [-0.05, 0) is 83.0 Å². The molecule has 0 radical (unpaired) electrons. The zero-order chi connectivity index (χ0) is 25.5. The van der Waals surface area contributed by atoms with E-state index in [4.69, 9.17) is 24.0 Å². The van der Waals surface area contributed by atoms with E-state index in [9.17, 15) is 4.79 Å². The molecule has 0 amide bonds. The molecule has 1 unspecified atom stereocenters. The third-order valence-corrected chi connectivity index (χ3v) is 9.29. The number of fused-ring (bicyclic) bond motifs is 4. The molecule has 0 aromatic rings. The lowest BCUT2D eigenvalue weighted by atomic mass is 9.53. The number of esters is 1. The van der Waals surface area contributed by atoms with Crippen LogP contribution in [0.15, 0.2) is 11.6 Å². The van der Waals surface area contributed by atoms with E-state index in [1.807, 2.05) is 20.8 Å². The lowest BCUT2D eigenvalue weighted by Crippen LogP contribution is -2.61. The van der Waals surface area contributed by atoms with E-state index >= 15 is 0 Å². The summed E-state index contributed by atoms with van der Waals surface area (Å²) in [7, 11) is 0. The van der Waals surface area contributed by atoms with Gasteiger partial charge in [0.15, 0.2) is 5.79 Å². The minimum Gasteiger partial charge on any atom is -0.463 e. The monoisotopic (exact) mass is 492 g/mol. The maximum Gasteiger partial charge on any atom is 0.302 e. The predicted molar refractivity (Wildman–Crippen MR) is 134 cm³/mol. The summed E-state index contributed by atoms with van der Waals surface area (Å²) in [6.07, 6.45) is 11.4. The molecule has 4 rings (SSSR count). The van der Waals surface area contributed by atoms with E-state index in [-0.39, 0.29) is 29.0 Å². The highest BCUT2D eigenvalue weighted by atomic mass is 17.2. The fraction of sp³-hybridized carbons (Fsp3) is 0.897. The minimum absolute atomic E-state index is 0.0192. The number of ether oxygens (including phenoxy) is 3. The first-order valence-electron chi connectivity index (χ1n) is 14.0. The lowest BCUT2D eigenvalue weighted by Gasteiger charge is -2.57. The van der Waals surface area contributed by atoms with Crippen LogP contribution in [0.4, 0.5) is 0 Å². The zero-order valence-electron chi connectivity index (χ0n) is 23.1. The predicted octanol–water partition coefficient (Wildman–Crippen LogP) is 6.52. The van der Waals surface area contributed by atoms with Crippen molar-refractivity contribution in [1.82, 2.24) is 0 Å². The SMILES string of the molecule is CC[C@@H](CC[C@@]1(C)CCC[C@@H]2C1=CC(OOC(C)(C)C)[C@@]1(C)[C@H]2CCC12OCCCO2)OC(C)=O. The van der Waals surface area contributed by atoms with Gasteiger partial charge in [0, 0.05) is 13.3 Å². The van der Waals surface area contributed by atoms with Gasteiger partial charge in [0.05, 0.1) is 24.2 Å². The van der Waals surface area contributed by atoms with Crippen LogP contribution in [0.1, 0.15) is 106 Å². The van der Waals surface area contributed by atoms with Gasteiger partial charge in [0.2, 0.25) is 0 Å². The Morgan fingerprint density at radius 3 is 2.49 bits per heavy atom. The third kappa shape index (κ3) is 5.10. The molecule has 0 N–H and O–H groups in total. The molecule has 3 fully saturated rings. The first kappa shape index (κ1) is 27.1. The molecule has 0 aromatic heterocycles. The van der Waals surface area contributed by atoms with Crippen LogP contribution < -0.4 is 0 Å². The van der Waals surface area contributed by atoms with Crippen molar-refractivity contribution >= 4 is 5.97 Å². The van der Waals surface area contributed by atoms with Crippen molar-refractivity contribution in [3.05, 3.63) is 11.6 Å². The minimum atomic E-state index is -0.611. The molecule has 6 atom stereocenters. The molecule has 0 aromatic carbocycles. The molecular formula is C29H48O6. The molecule has 1 aliphatic heterocycles. The van der Waals surface area contributed by atoms with Crippen LogP contribution in [-0.4, -0.2) is 42.8 Å². The number of rotatable bonds is 7. The number of hydrogen-bond donors (Lipinski definition) is 0. The summed E-state index contributed by atoms with van der Waals surface area (Å²) >= 11 is 0. The summed E-state index contributed by atoms with van der Waals surface area (Å²) in [4.78, 5) is 23.9. The smallest absolute Gasteiger partial charge is 0.302 e. The molecule has 1 heterocycles. The van der Waals surface area contributed by atoms with Crippen molar-refractivity contribution in [2.75, 3.05) is 13.2 Å². The zero-order valence-corrected chi connectivity index (χ0v) is 23.1. The van der Waals surface area contributed by atoms with Crippen LogP contribution in [0.3, 0.4) is 0 Å². The summed E-state index contributed by atoms with van der Waals surface area (Å²) in [5, 5.41) is 0. The number of hydrogen-bond acceptors (Lipinski definition) is 6. The van der Waals surface area contributed by atoms with Crippen molar-refractivity contribution in [3.8, 4) is 0 Å². The van der Waals surface area contributed by atoms with Gasteiger partial charge in [-0.2, -0.15) is 0 Å². The largest absolute Gasteiger partial charge is 0.463 e. The van der Waals surface area contributed by atoms with E-state index in [0.29, 0.717) is 11.8 Å². The molecule has 6 nitrogen and oxygen atoms in total. The molecule has 200 valence electrons. The van der Waals surface area contributed by atoms with Gasteiger partial charge in [-0.25, -0.2) is 9.78 Å². The van der Waals surface area contributed by atoms with Gasteiger partial charge in [-0.15, -0.1) is 0 Å². The van der Waals surface area contributed by atoms with E-state index in [1.54, 1.807) is 0 Å². The van der Waals surface area contributed by atoms with Gasteiger partial charge in [-0.3, -0.25) is 4.79 Å². The van der Waals surface area contributed by atoms with Crippen molar-refractivity contribution < 1.29 is 28.8 Å². The van der Waals surface area contributed by atoms with Gasteiger partial charge in [0.25, 0.3) is 0 Å². The van der Waals surface area contributed by atoms with Crippen LogP contribution in [0, 0.1) is 22.7 Å². The Bertz CT molecular complexity index is 793. The second kappa shape index (κ2) is 10.1. The van der Waals surface area contributed by atoms with E-state index < -0.39 is 11.4 Å². The van der Waals surface area contributed by atoms with Gasteiger partial charge >= 0.3 is 5.97 Å². The van der Waals surface area contributed by atoms with Crippen LogP contribution >= 0.6 is 0 Å². The highest BCUT2D eigenvalue weighted by Crippen LogP contribution is 2.66. The lowest BCUT2D eigenvalue weighted by molar-refractivity contribution is -0.413. The molecular weight excluding hydrogens is 444 g/mol. The highest BCUT2D eigenvalue weighted by molar-refractivity contribution is 5.66. The number of carbonyl (C=O) groups is 1. The molecule has 6 heteroatoms. The van der Waals surface area contributed by atoms with Crippen LogP contribution in [-0.2, 0) is 28.8 Å². The Kier molecular flexibility index (Phi) is 7.80. The maximum atomic E-state index is 11.6. The van der Waals surface area contributed by atoms with Gasteiger partial charge in [0.1, 0.15) is 12.2 Å². The highest BCUT2D eigenvalue weighted by Gasteiger charge is 2.68. The van der Waals surface area contributed by atoms with Crippen LogP contribution in [0.5, 0.6) is 0 Å². The first-order valence-corrected chi connectivity index (χ1v) is 14.0. The molecule has 2 saturated carbocycles. The summed E-state index contributed by atoms with van der Waals surface area (Å²) in [6.45, 7) is 15.9. The Hall–Kier alpha value is -0.950. The Morgan fingerprint density at radius 1 is 1.14 bits per heavy atom. The Morgan fingerprint density at radius 2 is 1.86 bits per heavy atom. The molecule has 4 aliphatic rings. The normalized spacial score (nSPS) is 37.3. The molecule has 0 bridgehead atoms. The average molecular weight is 493 g/mol. The van der Waals surface area contributed by atoms with Crippen LogP contribution in [0.25, 0.3) is 0 Å². The first-order chi connectivity index (χ1) is 16.4. The van der Waals surface area contributed by atoms with Crippen molar-refractivity contribution in [1.29, 1.82) is 0 Å². The number of allylic oxidation sites excluding steroid dienone is 1. The second-order valence-electron chi connectivity index (χ2n) is 12.8. The van der Waals surface area contributed by atoms with Crippen molar-refractivity contribution in [2.45, 2.75) is 130 Å². The third-order valence-electron chi connectivity index (χ3n) is 9.29. The van der Waals surface area contributed by atoms with Gasteiger partial charge in [-0.1, -0.05) is 38.8 Å². The average Bonchev–Trinajstić information content (AvgIpc) is 3.08. The molecule has 1 saturated heterocycles. The molecule has 1 spiro atoms. The molecule has 3 aliphatic carbocycles. The Labute approximate surface area is 212 Å². The van der Waals surface area contributed by atoms with Crippen molar-refractivity contribution in [2.24, 2.45) is 22.7 Å².